The number of halogens is 2. The van der Waals surface area contributed by atoms with Crippen molar-refractivity contribution in [3.63, 3.8) is 0 Å². The molecule has 4 rings (SSSR count). The highest BCUT2D eigenvalue weighted by atomic mass is 35.5. The molecule has 152 valence electrons. The van der Waals surface area contributed by atoms with Gasteiger partial charge in [-0.1, -0.05) is 23.2 Å². The molecule has 1 amide bonds. The zero-order chi connectivity index (χ0) is 20.9. The minimum absolute atomic E-state index is 0.0695. The Labute approximate surface area is 175 Å². The van der Waals surface area contributed by atoms with Gasteiger partial charge in [0.15, 0.2) is 5.65 Å². The Morgan fingerprint density at radius 2 is 1.79 bits per heavy atom. The molecule has 1 fully saturated rings. The molecule has 0 bridgehead atoms. The number of benzene rings is 1. The molecule has 29 heavy (non-hydrogen) atoms. The third-order valence-electron chi connectivity index (χ3n) is 5.45. The fourth-order valence-corrected chi connectivity index (χ4v) is 4.00. The molecule has 1 aliphatic rings. The number of likely N-dealkylation sites (tertiary alicyclic amines) is 1. The summed E-state index contributed by atoms with van der Waals surface area (Å²) in [5.74, 6) is 0.642. The van der Waals surface area contributed by atoms with Crippen molar-refractivity contribution in [2.24, 2.45) is 14.1 Å². The minimum atomic E-state index is -0.414. The Bertz CT molecular complexity index is 1240. The predicted molar refractivity (Wildman–Crippen MR) is 111 cm³/mol. The van der Waals surface area contributed by atoms with Crippen LogP contribution in [0.15, 0.2) is 27.8 Å². The van der Waals surface area contributed by atoms with E-state index >= 15 is 0 Å². The fourth-order valence-electron chi connectivity index (χ4n) is 3.71. The van der Waals surface area contributed by atoms with Crippen LogP contribution >= 0.6 is 23.2 Å². The lowest BCUT2D eigenvalue weighted by atomic mass is 9.95. The highest BCUT2D eigenvalue weighted by Crippen LogP contribution is 2.29. The average Bonchev–Trinajstić information content (AvgIpc) is 3.18. The third-order valence-corrected chi connectivity index (χ3v) is 6.19. The van der Waals surface area contributed by atoms with Gasteiger partial charge in [0.1, 0.15) is 11.3 Å². The van der Waals surface area contributed by atoms with Gasteiger partial charge in [-0.25, -0.2) is 9.78 Å². The number of piperidine rings is 1. The van der Waals surface area contributed by atoms with Gasteiger partial charge in [-0.05, 0) is 31.0 Å². The van der Waals surface area contributed by atoms with Crippen LogP contribution in [0.1, 0.15) is 34.9 Å². The summed E-state index contributed by atoms with van der Waals surface area (Å²) in [6.07, 6.45) is 1.39. The maximum Gasteiger partial charge on any atom is 0.332 e. The Kier molecular flexibility index (Phi) is 5.00. The number of nitrogens with zero attached hydrogens (tertiary/aromatic N) is 4. The van der Waals surface area contributed by atoms with Gasteiger partial charge < -0.3 is 9.88 Å². The number of nitrogens with one attached hydrogen (secondary N) is 1. The van der Waals surface area contributed by atoms with E-state index in [0.717, 1.165) is 4.57 Å². The molecule has 0 spiro atoms. The number of carbonyl (C=O) groups is 1. The lowest BCUT2D eigenvalue weighted by Crippen LogP contribution is -2.38. The van der Waals surface area contributed by atoms with E-state index in [0.29, 0.717) is 58.5 Å². The second-order valence-corrected chi connectivity index (χ2v) is 8.04. The summed E-state index contributed by atoms with van der Waals surface area (Å²) in [5, 5.41) is 0.759. The molecule has 3 aromatic rings. The van der Waals surface area contributed by atoms with Crippen molar-refractivity contribution in [3.8, 4) is 0 Å². The van der Waals surface area contributed by atoms with E-state index in [9.17, 15) is 14.4 Å². The number of imidazole rings is 1. The van der Waals surface area contributed by atoms with Crippen molar-refractivity contribution in [1.82, 2.24) is 24.0 Å². The van der Waals surface area contributed by atoms with Gasteiger partial charge >= 0.3 is 5.69 Å². The van der Waals surface area contributed by atoms with Crippen LogP contribution in [0, 0.1) is 0 Å². The molecule has 1 saturated heterocycles. The van der Waals surface area contributed by atoms with Gasteiger partial charge in [-0.15, -0.1) is 0 Å². The van der Waals surface area contributed by atoms with E-state index in [1.54, 1.807) is 30.1 Å². The number of rotatable bonds is 2. The highest BCUT2D eigenvalue weighted by Gasteiger charge is 2.27. The highest BCUT2D eigenvalue weighted by molar-refractivity contribution is 6.42. The van der Waals surface area contributed by atoms with Gasteiger partial charge in [0.25, 0.3) is 11.5 Å². The first-order valence-electron chi connectivity index (χ1n) is 9.18. The smallest absolute Gasteiger partial charge is 0.332 e. The molecule has 0 unspecified atom stereocenters. The molecule has 1 N–H and O–H groups in total. The summed E-state index contributed by atoms with van der Waals surface area (Å²) in [6.45, 7) is 1.11. The number of carbonyl (C=O) groups excluding carboxylic acids is 1. The Morgan fingerprint density at radius 3 is 2.45 bits per heavy atom. The average molecular weight is 436 g/mol. The summed E-state index contributed by atoms with van der Waals surface area (Å²) in [4.78, 5) is 46.5. The van der Waals surface area contributed by atoms with Crippen molar-refractivity contribution in [2.75, 3.05) is 13.1 Å². The number of aromatic amines is 1. The van der Waals surface area contributed by atoms with Crippen molar-refractivity contribution < 1.29 is 4.79 Å². The van der Waals surface area contributed by atoms with E-state index < -0.39 is 11.2 Å². The molecule has 0 atom stereocenters. The molecule has 0 saturated carbocycles. The SMILES string of the molecule is Cn1c(=O)c2[nH]c(C3CCN(C(=O)c4ccc(Cl)c(Cl)c4)CC3)nc2n(C)c1=O. The lowest BCUT2D eigenvalue weighted by Gasteiger charge is -2.31. The van der Waals surface area contributed by atoms with Crippen LogP contribution in [0.25, 0.3) is 11.2 Å². The molecular formula is C19H19Cl2N5O3. The maximum atomic E-state index is 12.7. The largest absolute Gasteiger partial charge is 0.339 e. The van der Waals surface area contributed by atoms with E-state index in [1.807, 2.05) is 0 Å². The van der Waals surface area contributed by atoms with Crippen LogP contribution in [0.2, 0.25) is 10.0 Å². The summed E-state index contributed by atoms with van der Waals surface area (Å²) in [5.41, 5.74) is 0.359. The molecule has 8 nitrogen and oxygen atoms in total. The van der Waals surface area contributed by atoms with E-state index in [-0.39, 0.29) is 11.8 Å². The Hall–Kier alpha value is -2.58. The number of fused-ring (bicyclic) bond motifs is 1. The van der Waals surface area contributed by atoms with E-state index in [4.69, 9.17) is 23.2 Å². The number of H-pyrrole nitrogens is 1. The van der Waals surface area contributed by atoms with Gasteiger partial charge in [0, 0.05) is 38.7 Å². The second kappa shape index (κ2) is 7.35. The Morgan fingerprint density at radius 1 is 1.10 bits per heavy atom. The molecule has 1 aliphatic heterocycles. The van der Waals surface area contributed by atoms with Crippen molar-refractivity contribution in [3.05, 3.63) is 60.5 Å². The predicted octanol–water partition coefficient (Wildman–Crippen LogP) is 2.29. The maximum absolute atomic E-state index is 12.7. The quantitative estimate of drug-likeness (QED) is 0.667. The second-order valence-electron chi connectivity index (χ2n) is 7.22. The molecule has 2 aromatic heterocycles. The summed E-state index contributed by atoms with van der Waals surface area (Å²) < 4.78 is 2.42. The van der Waals surface area contributed by atoms with Crippen molar-refractivity contribution in [1.29, 1.82) is 0 Å². The van der Waals surface area contributed by atoms with Crippen LogP contribution in [0.5, 0.6) is 0 Å². The van der Waals surface area contributed by atoms with Crippen LogP contribution in [0.3, 0.4) is 0 Å². The summed E-state index contributed by atoms with van der Waals surface area (Å²) in [6, 6.07) is 4.86. The lowest BCUT2D eigenvalue weighted by molar-refractivity contribution is 0.0711. The van der Waals surface area contributed by atoms with Crippen molar-refractivity contribution in [2.45, 2.75) is 18.8 Å². The monoisotopic (exact) mass is 435 g/mol. The van der Waals surface area contributed by atoms with Crippen molar-refractivity contribution >= 4 is 40.3 Å². The molecule has 3 heterocycles. The summed E-state index contributed by atoms with van der Waals surface area (Å²) >= 11 is 11.9. The first-order chi connectivity index (χ1) is 13.8. The normalized spacial score (nSPS) is 15.2. The molecule has 10 heteroatoms. The zero-order valence-corrected chi connectivity index (χ0v) is 17.4. The van der Waals surface area contributed by atoms with Crippen LogP contribution in [-0.2, 0) is 14.1 Å². The molecule has 0 radical (unpaired) electrons. The van der Waals surface area contributed by atoms with Crippen LogP contribution in [-0.4, -0.2) is 43.0 Å². The number of hydrogen-bond donors (Lipinski definition) is 1. The van der Waals surface area contributed by atoms with Gasteiger partial charge in [0.05, 0.1) is 10.0 Å². The topological polar surface area (TPSA) is 93.0 Å². The van der Waals surface area contributed by atoms with Crippen LogP contribution in [0.4, 0.5) is 0 Å². The molecule has 1 aromatic carbocycles. The number of hydrogen-bond acceptors (Lipinski definition) is 4. The minimum Gasteiger partial charge on any atom is -0.339 e. The first kappa shape index (κ1) is 19.7. The number of aryl methyl sites for hydroxylation is 1. The first-order valence-corrected chi connectivity index (χ1v) is 9.93. The fraction of sp³-hybridized carbons (Fsp3) is 0.368. The molecule has 0 aliphatic carbocycles. The standard InChI is InChI=1S/C19H19Cl2N5O3/c1-24-16-14(18(28)25(2)19(24)29)22-15(23-16)10-5-7-26(8-6-10)17(27)11-3-4-12(20)13(21)9-11/h3-4,9-10H,5-8H2,1-2H3,(H,22,23). The van der Waals surface area contributed by atoms with Gasteiger partial charge in [0.2, 0.25) is 0 Å². The van der Waals surface area contributed by atoms with Gasteiger partial charge in [-0.3, -0.25) is 18.7 Å². The summed E-state index contributed by atoms with van der Waals surface area (Å²) in [7, 11) is 3.03. The zero-order valence-electron chi connectivity index (χ0n) is 15.9. The Balaban J connectivity index is 1.54. The van der Waals surface area contributed by atoms with E-state index in [2.05, 4.69) is 9.97 Å². The number of amides is 1. The third kappa shape index (κ3) is 3.36. The number of aromatic nitrogens is 4. The van der Waals surface area contributed by atoms with E-state index in [1.165, 1.54) is 11.6 Å². The van der Waals surface area contributed by atoms with Gasteiger partial charge in [-0.2, -0.15) is 0 Å². The molecular weight excluding hydrogens is 417 g/mol. The van der Waals surface area contributed by atoms with Crippen LogP contribution < -0.4 is 11.2 Å².